The summed E-state index contributed by atoms with van der Waals surface area (Å²) in [4.78, 5) is 24.8. The van der Waals surface area contributed by atoms with Gasteiger partial charge in [-0.2, -0.15) is 0 Å². The molecule has 0 radical (unpaired) electrons. The summed E-state index contributed by atoms with van der Waals surface area (Å²) in [5.74, 6) is -0.780. The Bertz CT molecular complexity index is 1510. The zero-order valence-electron chi connectivity index (χ0n) is 19.9. The Balaban J connectivity index is 1.38. The van der Waals surface area contributed by atoms with Crippen LogP contribution in [-0.2, 0) is 0 Å². The lowest BCUT2D eigenvalue weighted by molar-refractivity contribution is 0.0879. The van der Waals surface area contributed by atoms with Gasteiger partial charge in [0.05, 0.1) is 22.5 Å². The van der Waals surface area contributed by atoms with Gasteiger partial charge in [0.15, 0.2) is 0 Å². The molecule has 0 saturated carbocycles. The van der Waals surface area contributed by atoms with Crippen LogP contribution in [0.25, 0.3) is 22.3 Å². The lowest BCUT2D eigenvalue weighted by Crippen LogP contribution is -2.19. The van der Waals surface area contributed by atoms with Crippen molar-refractivity contribution in [3.63, 3.8) is 0 Å². The molecule has 6 rings (SSSR count). The molecule has 0 aromatic heterocycles. The fourth-order valence-corrected chi connectivity index (χ4v) is 4.55. The second kappa shape index (κ2) is 9.47. The first kappa shape index (κ1) is 22.3. The van der Waals surface area contributed by atoms with Crippen LogP contribution in [-0.4, -0.2) is 11.8 Å². The summed E-state index contributed by atoms with van der Waals surface area (Å²) in [7, 11) is 0. The van der Waals surface area contributed by atoms with Crippen molar-refractivity contribution in [1.29, 1.82) is 0 Å². The number of benzene rings is 5. The van der Waals surface area contributed by atoms with E-state index in [-0.39, 0.29) is 0 Å². The van der Waals surface area contributed by atoms with Crippen LogP contribution >= 0.6 is 0 Å². The molecule has 3 N–H and O–H groups in total. The van der Waals surface area contributed by atoms with Gasteiger partial charge in [-0.15, -0.1) is 0 Å². The van der Waals surface area contributed by atoms with E-state index in [0.29, 0.717) is 22.5 Å². The minimum absolute atomic E-state index is 0.357. The van der Waals surface area contributed by atoms with E-state index in [2.05, 4.69) is 64.5 Å². The second-order valence-electron chi connectivity index (χ2n) is 8.87. The molecule has 0 atom stereocenters. The Labute approximate surface area is 214 Å². The molecule has 0 unspecified atom stereocenters. The van der Waals surface area contributed by atoms with Gasteiger partial charge in [0.1, 0.15) is 0 Å². The average Bonchev–Trinajstić information content (AvgIpc) is 3.22. The normalized spacial score (nSPS) is 12.1. The first-order valence-corrected chi connectivity index (χ1v) is 12.0. The Kier molecular flexibility index (Phi) is 5.71. The van der Waals surface area contributed by atoms with Crippen molar-refractivity contribution in [2.24, 2.45) is 0 Å². The molecule has 0 saturated heterocycles. The van der Waals surface area contributed by atoms with Gasteiger partial charge in [-0.25, -0.2) is 0 Å². The van der Waals surface area contributed by atoms with E-state index in [4.69, 9.17) is 0 Å². The van der Waals surface area contributed by atoms with Crippen molar-refractivity contribution < 1.29 is 9.59 Å². The Hall–Kier alpha value is -5.16. The van der Waals surface area contributed by atoms with Crippen LogP contribution in [0.2, 0.25) is 0 Å². The zero-order chi connectivity index (χ0) is 25.2. The van der Waals surface area contributed by atoms with E-state index < -0.39 is 11.8 Å². The summed E-state index contributed by atoms with van der Waals surface area (Å²) in [6.45, 7) is 0. The highest BCUT2D eigenvalue weighted by atomic mass is 16.2. The van der Waals surface area contributed by atoms with Gasteiger partial charge in [0.2, 0.25) is 0 Å². The highest BCUT2D eigenvalue weighted by Crippen LogP contribution is 2.35. The van der Waals surface area contributed by atoms with Crippen molar-refractivity contribution in [3.05, 3.63) is 132 Å². The molecule has 178 valence electrons. The fraction of sp³-hybridized carbons (Fsp3) is 0. The quantitative estimate of drug-likeness (QED) is 0.221. The van der Waals surface area contributed by atoms with E-state index in [0.717, 1.165) is 33.6 Å². The summed E-state index contributed by atoms with van der Waals surface area (Å²) in [6.07, 6.45) is 0. The van der Waals surface area contributed by atoms with Gasteiger partial charge in [0, 0.05) is 11.4 Å². The molecule has 0 fully saturated rings. The first-order valence-electron chi connectivity index (χ1n) is 12.0. The van der Waals surface area contributed by atoms with Gasteiger partial charge in [0.25, 0.3) is 11.8 Å². The molecule has 2 amide bonds. The Morgan fingerprint density at radius 2 is 0.838 bits per heavy atom. The van der Waals surface area contributed by atoms with Gasteiger partial charge >= 0.3 is 0 Å². The Morgan fingerprint density at radius 1 is 0.432 bits per heavy atom. The number of hydrogen-bond acceptors (Lipinski definition) is 4. The van der Waals surface area contributed by atoms with E-state index in [9.17, 15) is 9.59 Å². The largest absolute Gasteiger partial charge is 0.354 e. The SMILES string of the molecule is O=C1NC(=O)c2cc(Nc3cccc(-c4ccccc4)c3)c(Nc3cccc(-c4ccccc4)c3)cc21. The number of fused-ring (bicyclic) bond motifs is 1. The second-order valence-corrected chi connectivity index (χ2v) is 8.87. The molecular formula is C32H23N3O2. The van der Waals surface area contributed by atoms with Gasteiger partial charge in [-0.3, -0.25) is 14.9 Å². The van der Waals surface area contributed by atoms with E-state index >= 15 is 0 Å². The van der Waals surface area contributed by atoms with Crippen molar-refractivity contribution in [2.45, 2.75) is 0 Å². The predicted octanol–water partition coefficient (Wildman–Crippen LogP) is 7.39. The number of imide groups is 1. The summed E-state index contributed by atoms with van der Waals surface area (Å²) in [5.41, 5.74) is 8.21. The number of nitrogens with one attached hydrogen (secondary N) is 3. The van der Waals surface area contributed by atoms with Crippen LogP contribution in [0.1, 0.15) is 20.7 Å². The zero-order valence-corrected chi connectivity index (χ0v) is 19.9. The average molecular weight is 482 g/mol. The molecule has 37 heavy (non-hydrogen) atoms. The summed E-state index contributed by atoms with van der Waals surface area (Å²) in [6, 6.07) is 39.9. The van der Waals surface area contributed by atoms with Crippen LogP contribution in [0.3, 0.4) is 0 Å². The lowest BCUT2D eigenvalue weighted by atomic mass is 10.0. The Morgan fingerprint density at radius 3 is 1.27 bits per heavy atom. The molecule has 5 aromatic carbocycles. The smallest absolute Gasteiger partial charge is 0.259 e. The van der Waals surface area contributed by atoms with Gasteiger partial charge in [-0.05, 0) is 58.7 Å². The van der Waals surface area contributed by atoms with Crippen molar-refractivity contribution >= 4 is 34.6 Å². The summed E-state index contributed by atoms with van der Waals surface area (Å²) >= 11 is 0. The van der Waals surface area contributed by atoms with Crippen molar-refractivity contribution in [1.82, 2.24) is 5.32 Å². The number of rotatable bonds is 6. The van der Waals surface area contributed by atoms with Crippen LogP contribution < -0.4 is 16.0 Å². The number of carbonyl (C=O) groups is 2. The van der Waals surface area contributed by atoms with Crippen molar-refractivity contribution in [2.75, 3.05) is 10.6 Å². The molecule has 0 bridgehead atoms. The maximum Gasteiger partial charge on any atom is 0.259 e. The van der Waals surface area contributed by atoms with E-state index in [1.54, 1.807) is 12.1 Å². The third kappa shape index (κ3) is 4.58. The molecule has 1 aliphatic rings. The molecular weight excluding hydrogens is 458 g/mol. The molecule has 0 aliphatic carbocycles. The van der Waals surface area contributed by atoms with Crippen LogP contribution in [0.15, 0.2) is 121 Å². The van der Waals surface area contributed by atoms with Gasteiger partial charge < -0.3 is 10.6 Å². The monoisotopic (exact) mass is 481 g/mol. The molecule has 0 spiro atoms. The molecule has 5 heteroatoms. The third-order valence-electron chi connectivity index (χ3n) is 6.37. The summed E-state index contributed by atoms with van der Waals surface area (Å²) in [5, 5.41) is 9.31. The van der Waals surface area contributed by atoms with E-state index in [1.165, 1.54) is 0 Å². The van der Waals surface area contributed by atoms with Crippen molar-refractivity contribution in [3.8, 4) is 22.3 Å². The predicted molar refractivity (Wildman–Crippen MR) is 149 cm³/mol. The molecule has 1 heterocycles. The highest BCUT2D eigenvalue weighted by Gasteiger charge is 2.28. The molecule has 5 aromatic rings. The third-order valence-corrected chi connectivity index (χ3v) is 6.37. The number of carbonyl (C=O) groups excluding carboxylic acids is 2. The minimum atomic E-state index is -0.390. The summed E-state index contributed by atoms with van der Waals surface area (Å²) < 4.78 is 0. The van der Waals surface area contributed by atoms with Crippen LogP contribution in [0.4, 0.5) is 22.7 Å². The number of hydrogen-bond donors (Lipinski definition) is 3. The van der Waals surface area contributed by atoms with Gasteiger partial charge in [-0.1, -0.05) is 84.9 Å². The topological polar surface area (TPSA) is 70.2 Å². The highest BCUT2D eigenvalue weighted by molar-refractivity contribution is 6.22. The molecule has 5 nitrogen and oxygen atoms in total. The van der Waals surface area contributed by atoms with E-state index in [1.807, 2.05) is 60.7 Å². The molecule has 1 aliphatic heterocycles. The maximum atomic E-state index is 12.4. The standard InChI is InChI=1S/C32H23N3O2/c36-31-27-19-29(33-25-15-7-13-23(17-25)21-9-3-1-4-10-21)30(20-28(27)32(37)35-31)34-26-16-8-14-24(18-26)22-11-5-2-6-12-22/h1-20,33-34H,(H,35,36,37). The maximum absolute atomic E-state index is 12.4. The number of anilines is 4. The lowest BCUT2D eigenvalue weighted by Gasteiger charge is -2.17. The van der Waals surface area contributed by atoms with Crippen LogP contribution in [0, 0.1) is 0 Å². The minimum Gasteiger partial charge on any atom is -0.354 e. The first-order chi connectivity index (χ1) is 18.1. The fourth-order valence-electron chi connectivity index (χ4n) is 4.55. The van der Waals surface area contributed by atoms with Crippen LogP contribution in [0.5, 0.6) is 0 Å². The number of amides is 2.